The number of carbonyl (C=O) groups excluding carboxylic acids is 2. The molecule has 0 aliphatic rings. The Morgan fingerprint density at radius 1 is 1.24 bits per heavy atom. The molecule has 2 aromatic rings. The minimum Gasteiger partial charge on any atom is -0.397 e. The van der Waals surface area contributed by atoms with E-state index in [2.05, 4.69) is 5.32 Å². The van der Waals surface area contributed by atoms with Crippen molar-refractivity contribution in [3.05, 3.63) is 47.8 Å². The van der Waals surface area contributed by atoms with E-state index in [4.69, 9.17) is 5.73 Å². The minimum atomic E-state index is -0.212. The summed E-state index contributed by atoms with van der Waals surface area (Å²) < 4.78 is 1.84. The van der Waals surface area contributed by atoms with Gasteiger partial charge in [0.1, 0.15) is 5.69 Å². The lowest BCUT2D eigenvalue weighted by molar-refractivity contribution is 0.101. The van der Waals surface area contributed by atoms with Crippen molar-refractivity contribution in [2.45, 2.75) is 26.8 Å². The number of aryl methyl sites for hydroxylation is 1. The number of nitrogens with two attached hydrogens (primary N) is 1. The number of rotatable bonds is 5. The average molecular weight is 285 g/mol. The molecule has 0 unspecified atom stereocenters. The Kier molecular flexibility index (Phi) is 4.42. The van der Waals surface area contributed by atoms with Gasteiger partial charge in [0.05, 0.1) is 5.69 Å². The van der Waals surface area contributed by atoms with Crippen molar-refractivity contribution in [3.63, 3.8) is 0 Å². The van der Waals surface area contributed by atoms with Crippen LogP contribution in [-0.2, 0) is 6.54 Å². The number of aromatic nitrogens is 1. The lowest BCUT2D eigenvalue weighted by Crippen LogP contribution is -2.16. The van der Waals surface area contributed by atoms with Crippen LogP contribution in [-0.4, -0.2) is 16.3 Å². The summed E-state index contributed by atoms with van der Waals surface area (Å²) in [5.74, 6) is -0.215. The molecule has 1 amide bonds. The number of nitrogen functional groups attached to an aromatic ring is 1. The van der Waals surface area contributed by atoms with E-state index in [-0.39, 0.29) is 11.7 Å². The third-order valence-corrected chi connectivity index (χ3v) is 3.16. The fourth-order valence-corrected chi connectivity index (χ4v) is 2.13. The summed E-state index contributed by atoms with van der Waals surface area (Å²) in [4.78, 5) is 23.5. The first kappa shape index (κ1) is 14.8. The molecule has 0 saturated carbocycles. The van der Waals surface area contributed by atoms with Gasteiger partial charge in [-0.1, -0.05) is 6.92 Å². The maximum Gasteiger partial charge on any atom is 0.272 e. The molecule has 1 heterocycles. The summed E-state index contributed by atoms with van der Waals surface area (Å²) in [6.45, 7) is 4.29. The molecule has 0 fully saturated rings. The van der Waals surface area contributed by atoms with Crippen LogP contribution in [0.4, 0.5) is 11.4 Å². The highest BCUT2D eigenvalue weighted by molar-refractivity contribution is 6.04. The van der Waals surface area contributed by atoms with Gasteiger partial charge >= 0.3 is 0 Å². The molecule has 0 radical (unpaired) electrons. The zero-order valence-electron chi connectivity index (χ0n) is 12.2. The van der Waals surface area contributed by atoms with E-state index < -0.39 is 0 Å². The second-order valence-electron chi connectivity index (χ2n) is 4.94. The Morgan fingerprint density at radius 2 is 1.90 bits per heavy atom. The molecule has 5 nitrogen and oxygen atoms in total. The molecule has 21 heavy (non-hydrogen) atoms. The number of anilines is 2. The third-order valence-electron chi connectivity index (χ3n) is 3.16. The summed E-state index contributed by atoms with van der Waals surface area (Å²) in [5.41, 5.74) is 8.12. The fourth-order valence-electron chi connectivity index (χ4n) is 2.13. The lowest BCUT2D eigenvalue weighted by atomic mass is 10.1. The predicted molar refractivity (Wildman–Crippen MR) is 83.5 cm³/mol. The Bertz CT molecular complexity index is 657. The summed E-state index contributed by atoms with van der Waals surface area (Å²) >= 11 is 0. The first-order valence-electron chi connectivity index (χ1n) is 6.89. The molecule has 3 N–H and O–H groups in total. The number of nitrogens with zero attached hydrogens (tertiary/aromatic N) is 1. The number of amides is 1. The number of hydrogen-bond acceptors (Lipinski definition) is 3. The molecular weight excluding hydrogens is 266 g/mol. The van der Waals surface area contributed by atoms with Crippen LogP contribution in [0.25, 0.3) is 0 Å². The van der Waals surface area contributed by atoms with Gasteiger partial charge in [0.25, 0.3) is 5.91 Å². The molecule has 1 aromatic heterocycles. The molecule has 0 saturated heterocycles. The van der Waals surface area contributed by atoms with Gasteiger partial charge in [0, 0.05) is 24.0 Å². The first-order chi connectivity index (χ1) is 10.0. The van der Waals surface area contributed by atoms with Crippen molar-refractivity contribution in [1.82, 2.24) is 4.57 Å². The average Bonchev–Trinajstić information content (AvgIpc) is 2.81. The number of nitrogens with one attached hydrogen (secondary N) is 1. The third kappa shape index (κ3) is 3.51. The Hall–Kier alpha value is -2.56. The van der Waals surface area contributed by atoms with Crippen LogP contribution in [0, 0.1) is 0 Å². The van der Waals surface area contributed by atoms with Crippen LogP contribution in [0.3, 0.4) is 0 Å². The fraction of sp³-hybridized carbons (Fsp3) is 0.250. The smallest absolute Gasteiger partial charge is 0.272 e. The molecule has 5 heteroatoms. The molecule has 110 valence electrons. The Balaban J connectivity index is 2.15. The van der Waals surface area contributed by atoms with Gasteiger partial charge in [0.2, 0.25) is 0 Å². The molecule has 1 aromatic carbocycles. The summed E-state index contributed by atoms with van der Waals surface area (Å²) in [6, 6.07) is 8.47. The highest BCUT2D eigenvalue weighted by atomic mass is 16.2. The largest absolute Gasteiger partial charge is 0.397 e. The van der Waals surface area contributed by atoms with E-state index in [0.717, 1.165) is 13.0 Å². The monoisotopic (exact) mass is 285 g/mol. The number of ketones is 1. The highest BCUT2D eigenvalue weighted by Crippen LogP contribution is 2.15. The van der Waals surface area contributed by atoms with Crippen molar-refractivity contribution >= 4 is 23.1 Å². The minimum absolute atomic E-state index is 0.00234. The van der Waals surface area contributed by atoms with Gasteiger partial charge in [0.15, 0.2) is 5.78 Å². The van der Waals surface area contributed by atoms with E-state index in [1.165, 1.54) is 6.92 Å². The maximum absolute atomic E-state index is 12.3. The zero-order chi connectivity index (χ0) is 15.4. The number of Topliss-reactive ketones (excluding diaryl/α,β-unsaturated/α-hetero) is 1. The SMILES string of the molecule is CCCn1cc(N)cc1C(=O)Nc1ccc(C(C)=O)cc1. The van der Waals surface area contributed by atoms with Crippen molar-refractivity contribution in [3.8, 4) is 0 Å². The topological polar surface area (TPSA) is 77.1 Å². The van der Waals surface area contributed by atoms with Gasteiger partial charge in [-0.05, 0) is 43.7 Å². The molecule has 0 aliphatic heterocycles. The molecule has 0 aliphatic carbocycles. The van der Waals surface area contributed by atoms with E-state index >= 15 is 0 Å². The highest BCUT2D eigenvalue weighted by Gasteiger charge is 2.13. The molecule has 0 spiro atoms. The van der Waals surface area contributed by atoms with Crippen LogP contribution in [0.15, 0.2) is 36.5 Å². The molecular formula is C16H19N3O2. The summed E-state index contributed by atoms with van der Waals surface area (Å²) in [7, 11) is 0. The molecule has 2 rings (SSSR count). The van der Waals surface area contributed by atoms with Crippen molar-refractivity contribution in [1.29, 1.82) is 0 Å². The number of carbonyl (C=O) groups is 2. The van der Waals surface area contributed by atoms with E-state index in [0.29, 0.717) is 22.6 Å². The maximum atomic E-state index is 12.3. The Morgan fingerprint density at radius 3 is 2.48 bits per heavy atom. The van der Waals surface area contributed by atoms with Gasteiger partial charge in [-0.25, -0.2) is 0 Å². The summed E-state index contributed by atoms with van der Waals surface area (Å²) in [5, 5.41) is 2.81. The van der Waals surface area contributed by atoms with E-state index in [1.54, 1.807) is 36.5 Å². The standard InChI is InChI=1S/C16H19N3O2/c1-3-8-19-10-13(17)9-15(19)16(21)18-14-6-4-12(5-7-14)11(2)20/h4-7,9-10H,3,8,17H2,1-2H3,(H,18,21). The van der Waals surface area contributed by atoms with Gasteiger partial charge in [-0.15, -0.1) is 0 Å². The second kappa shape index (κ2) is 6.26. The summed E-state index contributed by atoms with van der Waals surface area (Å²) in [6.07, 6.45) is 2.68. The van der Waals surface area contributed by atoms with Crippen LogP contribution >= 0.6 is 0 Å². The molecule has 0 atom stereocenters. The van der Waals surface area contributed by atoms with E-state index in [1.807, 2.05) is 11.5 Å². The number of hydrogen-bond donors (Lipinski definition) is 2. The van der Waals surface area contributed by atoms with Crippen molar-refractivity contribution in [2.24, 2.45) is 0 Å². The van der Waals surface area contributed by atoms with Crippen molar-refractivity contribution in [2.75, 3.05) is 11.1 Å². The Labute approximate surface area is 123 Å². The van der Waals surface area contributed by atoms with Crippen molar-refractivity contribution < 1.29 is 9.59 Å². The van der Waals surface area contributed by atoms with Crippen LogP contribution in [0.2, 0.25) is 0 Å². The van der Waals surface area contributed by atoms with Crippen LogP contribution < -0.4 is 11.1 Å². The van der Waals surface area contributed by atoms with Crippen LogP contribution in [0.5, 0.6) is 0 Å². The first-order valence-corrected chi connectivity index (χ1v) is 6.89. The zero-order valence-corrected chi connectivity index (χ0v) is 12.2. The van der Waals surface area contributed by atoms with Crippen LogP contribution in [0.1, 0.15) is 41.1 Å². The van der Waals surface area contributed by atoms with Gasteiger partial charge < -0.3 is 15.6 Å². The van der Waals surface area contributed by atoms with Gasteiger partial charge in [-0.2, -0.15) is 0 Å². The predicted octanol–water partition coefficient (Wildman–Crippen LogP) is 2.94. The quantitative estimate of drug-likeness (QED) is 0.829. The normalized spacial score (nSPS) is 10.4. The number of benzene rings is 1. The van der Waals surface area contributed by atoms with Gasteiger partial charge in [-0.3, -0.25) is 9.59 Å². The van der Waals surface area contributed by atoms with E-state index in [9.17, 15) is 9.59 Å². The second-order valence-corrected chi connectivity index (χ2v) is 4.94. The lowest BCUT2D eigenvalue weighted by Gasteiger charge is -2.09. The molecule has 0 bridgehead atoms.